The fourth-order valence-corrected chi connectivity index (χ4v) is 1.98. The molecule has 0 N–H and O–H groups in total. The van der Waals surface area contributed by atoms with Crippen molar-refractivity contribution in [3.05, 3.63) is 12.7 Å². The first-order valence-electron chi connectivity index (χ1n) is 5.21. The average Bonchev–Trinajstić information content (AvgIpc) is 2.60. The van der Waals surface area contributed by atoms with Crippen LogP contribution in [0.4, 0.5) is 0 Å². The van der Waals surface area contributed by atoms with E-state index in [2.05, 4.69) is 10.1 Å². The number of ketones is 1. The van der Waals surface area contributed by atoms with Crippen molar-refractivity contribution in [1.82, 2.24) is 14.8 Å². The van der Waals surface area contributed by atoms with Gasteiger partial charge in [-0.3, -0.25) is 9.48 Å². The fraction of sp³-hybridized carbons (Fsp3) is 0.700. The average molecular weight is 193 g/mol. The topological polar surface area (TPSA) is 47.8 Å². The van der Waals surface area contributed by atoms with Gasteiger partial charge in [0.05, 0.1) is 6.54 Å². The van der Waals surface area contributed by atoms with Crippen LogP contribution >= 0.6 is 0 Å². The molecule has 1 fully saturated rings. The van der Waals surface area contributed by atoms with Crippen molar-refractivity contribution in [2.75, 3.05) is 0 Å². The van der Waals surface area contributed by atoms with E-state index in [0.717, 1.165) is 19.3 Å². The van der Waals surface area contributed by atoms with Gasteiger partial charge in [0.25, 0.3) is 0 Å². The monoisotopic (exact) mass is 193 g/mol. The zero-order chi connectivity index (χ0) is 9.80. The van der Waals surface area contributed by atoms with Crippen LogP contribution in [0.3, 0.4) is 0 Å². The number of hydrogen-bond donors (Lipinski definition) is 0. The maximum Gasteiger partial charge on any atom is 0.137 e. The minimum absolute atomic E-state index is 0.166. The molecule has 1 saturated carbocycles. The number of hydrogen-bond acceptors (Lipinski definition) is 3. The van der Waals surface area contributed by atoms with Gasteiger partial charge in [-0.1, -0.05) is 12.8 Å². The lowest BCUT2D eigenvalue weighted by Crippen LogP contribution is -2.19. The third kappa shape index (κ3) is 2.19. The normalized spacial score (nSPS) is 23.4. The molecule has 0 bridgehead atoms. The Bertz CT molecular complexity index is 294. The number of rotatable bonds is 2. The van der Waals surface area contributed by atoms with Crippen molar-refractivity contribution in [1.29, 1.82) is 0 Å². The van der Waals surface area contributed by atoms with Gasteiger partial charge in [-0.25, -0.2) is 4.98 Å². The summed E-state index contributed by atoms with van der Waals surface area (Å²) in [5.41, 5.74) is 0. The van der Waals surface area contributed by atoms with Crippen LogP contribution in [0.15, 0.2) is 12.7 Å². The maximum atomic E-state index is 11.7. The molecule has 0 saturated heterocycles. The van der Waals surface area contributed by atoms with E-state index in [0.29, 0.717) is 12.3 Å². The Morgan fingerprint density at radius 2 is 2.36 bits per heavy atom. The van der Waals surface area contributed by atoms with Crippen molar-refractivity contribution in [3.8, 4) is 0 Å². The molecule has 1 heterocycles. The highest BCUT2D eigenvalue weighted by Gasteiger charge is 2.21. The fourth-order valence-electron chi connectivity index (χ4n) is 1.98. The molecule has 0 amide bonds. The molecular formula is C10H15N3O. The minimum atomic E-state index is 0.166. The third-order valence-corrected chi connectivity index (χ3v) is 2.81. The quantitative estimate of drug-likeness (QED) is 0.667. The lowest BCUT2D eigenvalue weighted by atomic mass is 9.99. The second-order valence-corrected chi connectivity index (χ2v) is 3.88. The summed E-state index contributed by atoms with van der Waals surface area (Å²) in [6.45, 7) is 0.707. The highest BCUT2D eigenvalue weighted by Crippen LogP contribution is 2.20. The second kappa shape index (κ2) is 4.35. The zero-order valence-corrected chi connectivity index (χ0v) is 8.22. The van der Waals surface area contributed by atoms with E-state index in [9.17, 15) is 4.79 Å². The number of carbonyl (C=O) groups excluding carboxylic acids is 1. The van der Waals surface area contributed by atoms with Crippen molar-refractivity contribution in [3.63, 3.8) is 0 Å². The Kier molecular flexibility index (Phi) is 2.91. The smallest absolute Gasteiger partial charge is 0.137 e. The van der Waals surface area contributed by atoms with Crippen molar-refractivity contribution in [2.24, 2.45) is 5.92 Å². The van der Waals surface area contributed by atoms with Crippen LogP contribution in [0.1, 0.15) is 32.1 Å². The van der Waals surface area contributed by atoms with Crippen LogP contribution < -0.4 is 0 Å². The summed E-state index contributed by atoms with van der Waals surface area (Å²) in [5, 5.41) is 4.03. The van der Waals surface area contributed by atoms with Crippen LogP contribution in [0, 0.1) is 5.92 Å². The highest BCUT2D eigenvalue weighted by atomic mass is 16.1. The summed E-state index contributed by atoms with van der Waals surface area (Å²) in [5.74, 6) is 0.567. The molecule has 0 spiro atoms. The maximum absolute atomic E-state index is 11.7. The first-order chi connectivity index (χ1) is 6.86. The van der Waals surface area contributed by atoms with Gasteiger partial charge in [-0.15, -0.1) is 0 Å². The Morgan fingerprint density at radius 3 is 3.14 bits per heavy atom. The van der Waals surface area contributed by atoms with E-state index in [1.807, 2.05) is 0 Å². The zero-order valence-electron chi connectivity index (χ0n) is 8.22. The van der Waals surface area contributed by atoms with Crippen LogP contribution in [0.5, 0.6) is 0 Å². The predicted octanol–water partition coefficient (Wildman–Crippen LogP) is 1.43. The van der Waals surface area contributed by atoms with Gasteiger partial charge >= 0.3 is 0 Å². The van der Waals surface area contributed by atoms with Gasteiger partial charge in [0.2, 0.25) is 0 Å². The van der Waals surface area contributed by atoms with Crippen LogP contribution in [0.25, 0.3) is 0 Å². The number of aromatic nitrogens is 3. The Labute approximate surface area is 83.3 Å². The highest BCUT2D eigenvalue weighted by molar-refractivity contribution is 5.81. The van der Waals surface area contributed by atoms with Crippen LogP contribution in [0.2, 0.25) is 0 Å². The van der Waals surface area contributed by atoms with Gasteiger partial charge < -0.3 is 0 Å². The second-order valence-electron chi connectivity index (χ2n) is 3.88. The van der Waals surface area contributed by atoms with Crippen molar-refractivity contribution in [2.45, 2.75) is 38.6 Å². The molecule has 0 unspecified atom stereocenters. The number of nitrogens with zero attached hydrogens (tertiary/aromatic N) is 3. The summed E-state index contributed by atoms with van der Waals surface area (Å²) in [7, 11) is 0. The molecule has 1 aliphatic carbocycles. The van der Waals surface area contributed by atoms with Crippen molar-refractivity contribution >= 4 is 5.78 Å². The molecule has 1 aliphatic rings. The largest absolute Gasteiger partial charge is 0.299 e. The SMILES string of the molecule is O=C1CCCCC[C@H]1Cn1cncn1. The van der Waals surface area contributed by atoms with Crippen LogP contribution in [-0.2, 0) is 11.3 Å². The van der Waals surface area contributed by atoms with Gasteiger partial charge in [0.15, 0.2) is 0 Å². The third-order valence-electron chi connectivity index (χ3n) is 2.81. The molecular weight excluding hydrogens is 178 g/mol. The van der Waals surface area contributed by atoms with Gasteiger partial charge in [0, 0.05) is 12.3 Å². The standard InChI is InChI=1S/C10H15N3O/c14-10-5-3-1-2-4-9(10)6-13-8-11-7-12-13/h7-9H,1-6H2/t9-/m0/s1. The number of Topliss-reactive ketones (excluding diaryl/α,β-unsaturated/α-hetero) is 1. The Morgan fingerprint density at radius 1 is 1.43 bits per heavy atom. The van der Waals surface area contributed by atoms with Crippen molar-refractivity contribution < 1.29 is 4.79 Å². The number of carbonyl (C=O) groups is 1. The molecule has 0 radical (unpaired) electrons. The summed E-state index contributed by atoms with van der Waals surface area (Å²) >= 11 is 0. The predicted molar refractivity (Wildman–Crippen MR) is 51.6 cm³/mol. The minimum Gasteiger partial charge on any atom is -0.299 e. The molecule has 76 valence electrons. The molecule has 1 aromatic rings. The molecule has 4 heteroatoms. The molecule has 0 aromatic carbocycles. The van der Waals surface area contributed by atoms with E-state index in [4.69, 9.17) is 0 Å². The van der Waals surface area contributed by atoms with Gasteiger partial charge in [-0.2, -0.15) is 5.10 Å². The summed E-state index contributed by atoms with van der Waals surface area (Å²) in [6, 6.07) is 0. The summed E-state index contributed by atoms with van der Waals surface area (Å²) < 4.78 is 1.76. The Hall–Kier alpha value is -1.19. The summed E-state index contributed by atoms with van der Waals surface area (Å²) in [6.07, 6.45) is 8.38. The molecule has 2 rings (SSSR count). The molecule has 14 heavy (non-hydrogen) atoms. The van der Waals surface area contributed by atoms with E-state index in [1.165, 1.54) is 19.2 Å². The van der Waals surface area contributed by atoms with Gasteiger partial charge in [0.1, 0.15) is 18.4 Å². The molecule has 0 aliphatic heterocycles. The van der Waals surface area contributed by atoms with E-state index in [-0.39, 0.29) is 5.92 Å². The lowest BCUT2D eigenvalue weighted by molar-refractivity contribution is -0.123. The van der Waals surface area contributed by atoms with Gasteiger partial charge in [-0.05, 0) is 12.8 Å². The molecule has 1 atom stereocenters. The Balaban J connectivity index is 1.98. The van der Waals surface area contributed by atoms with E-state index < -0.39 is 0 Å². The summed E-state index contributed by atoms with van der Waals surface area (Å²) in [4.78, 5) is 15.6. The molecule has 4 nitrogen and oxygen atoms in total. The first kappa shape index (κ1) is 9.37. The van der Waals surface area contributed by atoms with E-state index >= 15 is 0 Å². The first-order valence-corrected chi connectivity index (χ1v) is 5.21. The lowest BCUT2D eigenvalue weighted by Gasteiger charge is -2.11. The van der Waals surface area contributed by atoms with E-state index in [1.54, 1.807) is 11.0 Å². The molecule has 1 aromatic heterocycles. The van der Waals surface area contributed by atoms with Crippen LogP contribution in [-0.4, -0.2) is 20.5 Å².